The molecule has 1 N–H and O–H groups in total. The maximum Gasteiger partial charge on any atom is 0.0349 e. The molecule has 3 unspecified atom stereocenters. The number of nitrogens with one attached hydrogen (secondary N) is 1. The Balaban J connectivity index is 2.18. The van der Waals surface area contributed by atoms with Gasteiger partial charge in [-0.15, -0.1) is 0 Å². The molecule has 0 aliphatic heterocycles. The lowest BCUT2D eigenvalue weighted by Crippen LogP contribution is -2.31. The molecule has 112 valence electrons. The number of benzene rings is 1. The molecule has 0 aromatic heterocycles. The van der Waals surface area contributed by atoms with Crippen LogP contribution in [0.2, 0.25) is 0 Å². The standard InChI is InChI=1S/C18H28BrN/c1-4-14-7-6-8-15(11-14)18(20-5-2)16-10-9-13(3)17(19)12-16/h9-10,12,14-15,18,20H,4-8,11H2,1-3H3. The van der Waals surface area contributed by atoms with Gasteiger partial charge < -0.3 is 5.32 Å². The van der Waals surface area contributed by atoms with Gasteiger partial charge in [0.1, 0.15) is 0 Å². The van der Waals surface area contributed by atoms with Gasteiger partial charge in [0.05, 0.1) is 0 Å². The second kappa shape index (κ2) is 7.61. The zero-order valence-corrected chi connectivity index (χ0v) is 14.7. The zero-order chi connectivity index (χ0) is 14.5. The third-order valence-corrected chi connectivity index (χ3v) is 5.71. The molecule has 2 rings (SSSR count). The van der Waals surface area contributed by atoms with Crippen LogP contribution in [0.15, 0.2) is 22.7 Å². The van der Waals surface area contributed by atoms with E-state index in [0.29, 0.717) is 6.04 Å². The second-order valence-electron chi connectivity index (χ2n) is 6.24. The first kappa shape index (κ1) is 16.0. The van der Waals surface area contributed by atoms with E-state index in [1.54, 1.807) is 0 Å². The molecule has 0 spiro atoms. The molecular formula is C18H28BrN. The number of halogens is 1. The quantitative estimate of drug-likeness (QED) is 0.734. The normalized spacial score (nSPS) is 24.6. The summed E-state index contributed by atoms with van der Waals surface area (Å²) in [5, 5.41) is 3.74. The van der Waals surface area contributed by atoms with E-state index in [1.165, 1.54) is 47.7 Å². The van der Waals surface area contributed by atoms with Crippen LogP contribution in [0, 0.1) is 18.8 Å². The van der Waals surface area contributed by atoms with Crippen molar-refractivity contribution < 1.29 is 0 Å². The van der Waals surface area contributed by atoms with E-state index in [9.17, 15) is 0 Å². The molecule has 1 nitrogen and oxygen atoms in total. The van der Waals surface area contributed by atoms with E-state index < -0.39 is 0 Å². The maximum atomic E-state index is 3.74. The van der Waals surface area contributed by atoms with E-state index in [1.807, 2.05) is 0 Å². The molecule has 20 heavy (non-hydrogen) atoms. The average Bonchev–Trinajstić information content (AvgIpc) is 2.48. The van der Waals surface area contributed by atoms with Crippen molar-refractivity contribution in [3.63, 3.8) is 0 Å². The van der Waals surface area contributed by atoms with Crippen LogP contribution >= 0.6 is 15.9 Å². The van der Waals surface area contributed by atoms with Gasteiger partial charge >= 0.3 is 0 Å². The van der Waals surface area contributed by atoms with Gasteiger partial charge in [0.25, 0.3) is 0 Å². The first-order chi connectivity index (χ1) is 9.65. The summed E-state index contributed by atoms with van der Waals surface area (Å²) in [7, 11) is 0. The van der Waals surface area contributed by atoms with Crippen LogP contribution in [-0.2, 0) is 0 Å². The highest BCUT2D eigenvalue weighted by Crippen LogP contribution is 2.39. The van der Waals surface area contributed by atoms with Gasteiger partial charge in [-0.1, -0.05) is 61.2 Å². The minimum Gasteiger partial charge on any atom is -0.310 e. The van der Waals surface area contributed by atoms with Crippen LogP contribution in [0.4, 0.5) is 0 Å². The number of rotatable bonds is 5. The van der Waals surface area contributed by atoms with E-state index in [2.05, 4.69) is 60.2 Å². The van der Waals surface area contributed by atoms with Crippen molar-refractivity contribution in [3.8, 4) is 0 Å². The maximum absolute atomic E-state index is 3.74. The first-order valence-electron chi connectivity index (χ1n) is 8.15. The molecule has 1 aliphatic carbocycles. The molecule has 1 fully saturated rings. The van der Waals surface area contributed by atoms with Crippen LogP contribution in [0.3, 0.4) is 0 Å². The highest BCUT2D eigenvalue weighted by molar-refractivity contribution is 9.10. The number of hydrogen-bond acceptors (Lipinski definition) is 1. The van der Waals surface area contributed by atoms with Crippen LogP contribution in [0.1, 0.15) is 63.1 Å². The first-order valence-corrected chi connectivity index (χ1v) is 8.94. The van der Waals surface area contributed by atoms with E-state index in [-0.39, 0.29) is 0 Å². The van der Waals surface area contributed by atoms with Crippen molar-refractivity contribution in [2.45, 2.75) is 58.9 Å². The largest absolute Gasteiger partial charge is 0.310 e. The van der Waals surface area contributed by atoms with Gasteiger partial charge in [-0.2, -0.15) is 0 Å². The lowest BCUT2D eigenvalue weighted by atomic mass is 9.75. The Hall–Kier alpha value is -0.340. The summed E-state index contributed by atoms with van der Waals surface area (Å²) in [5.41, 5.74) is 2.77. The summed E-state index contributed by atoms with van der Waals surface area (Å²) in [5.74, 6) is 1.73. The molecule has 0 amide bonds. The smallest absolute Gasteiger partial charge is 0.0349 e. The van der Waals surface area contributed by atoms with Crippen LogP contribution < -0.4 is 5.32 Å². The number of aryl methyl sites for hydroxylation is 1. The van der Waals surface area contributed by atoms with Gasteiger partial charge in [0, 0.05) is 10.5 Å². The topological polar surface area (TPSA) is 12.0 Å². The molecular weight excluding hydrogens is 310 g/mol. The van der Waals surface area contributed by atoms with E-state index >= 15 is 0 Å². The SMILES string of the molecule is CCNC(c1ccc(C)c(Br)c1)C1CCCC(CC)C1. The molecule has 3 atom stereocenters. The summed E-state index contributed by atoms with van der Waals surface area (Å²) >= 11 is 3.69. The van der Waals surface area contributed by atoms with Crippen molar-refractivity contribution >= 4 is 15.9 Å². The lowest BCUT2D eigenvalue weighted by molar-refractivity contribution is 0.210. The molecule has 1 aromatic rings. The van der Waals surface area contributed by atoms with Gasteiger partial charge in [-0.25, -0.2) is 0 Å². The fourth-order valence-electron chi connectivity index (χ4n) is 3.59. The fourth-order valence-corrected chi connectivity index (χ4v) is 3.98. The monoisotopic (exact) mass is 337 g/mol. The van der Waals surface area contributed by atoms with Crippen molar-refractivity contribution in [1.29, 1.82) is 0 Å². The van der Waals surface area contributed by atoms with Gasteiger partial charge in [0.15, 0.2) is 0 Å². The van der Waals surface area contributed by atoms with Crippen molar-refractivity contribution in [2.24, 2.45) is 11.8 Å². The molecule has 0 bridgehead atoms. The van der Waals surface area contributed by atoms with Crippen molar-refractivity contribution in [2.75, 3.05) is 6.54 Å². The van der Waals surface area contributed by atoms with Crippen LogP contribution in [-0.4, -0.2) is 6.54 Å². The molecule has 1 aromatic carbocycles. The summed E-state index contributed by atoms with van der Waals surface area (Å²) in [6.45, 7) is 7.77. The summed E-state index contributed by atoms with van der Waals surface area (Å²) < 4.78 is 1.24. The fraction of sp³-hybridized carbons (Fsp3) is 0.667. The molecule has 0 saturated heterocycles. The Bertz CT molecular complexity index is 429. The molecule has 2 heteroatoms. The molecule has 0 radical (unpaired) electrons. The Labute approximate surface area is 132 Å². The number of hydrogen-bond donors (Lipinski definition) is 1. The average molecular weight is 338 g/mol. The molecule has 0 heterocycles. The van der Waals surface area contributed by atoms with Crippen molar-refractivity contribution in [1.82, 2.24) is 5.32 Å². The third kappa shape index (κ3) is 3.85. The Morgan fingerprint density at radius 2 is 2.10 bits per heavy atom. The predicted molar refractivity (Wildman–Crippen MR) is 91.0 cm³/mol. The summed E-state index contributed by atoms with van der Waals surface area (Å²) in [4.78, 5) is 0. The van der Waals surface area contributed by atoms with Gasteiger partial charge in [0.2, 0.25) is 0 Å². The minimum atomic E-state index is 0.520. The lowest BCUT2D eigenvalue weighted by Gasteiger charge is -2.35. The summed E-state index contributed by atoms with van der Waals surface area (Å²) in [6, 6.07) is 7.39. The Kier molecular flexibility index (Phi) is 6.10. The van der Waals surface area contributed by atoms with E-state index in [4.69, 9.17) is 0 Å². The predicted octanol–water partition coefficient (Wildman–Crippen LogP) is 5.62. The highest BCUT2D eigenvalue weighted by Gasteiger charge is 2.28. The highest BCUT2D eigenvalue weighted by atomic mass is 79.9. The third-order valence-electron chi connectivity index (χ3n) is 4.85. The molecule has 1 saturated carbocycles. The minimum absolute atomic E-state index is 0.520. The van der Waals surface area contributed by atoms with Crippen LogP contribution in [0.25, 0.3) is 0 Å². The van der Waals surface area contributed by atoms with Crippen molar-refractivity contribution in [3.05, 3.63) is 33.8 Å². The second-order valence-corrected chi connectivity index (χ2v) is 7.10. The zero-order valence-electron chi connectivity index (χ0n) is 13.1. The molecule has 1 aliphatic rings. The van der Waals surface area contributed by atoms with Gasteiger partial charge in [-0.05, 0) is 55.3 Å². The van der Waals surface area contributed by atoms with Gasteiger partial charge in [-0.3, -0.25) is 0 Å². The Morgan fingerprint density at radius 3 is 2.75 bits per heavy atom. The van der Waals surface area contributed by atoms with E-state index in [0.717, 1.165) is 18.4 Å². The van der Waals surface area contributed by atoms with Crippen LogP contribution in [0.5, 0.6) is 0 Å². The summed E-state index contributed by atoms with van der Waals surface area (Å²) in [6.07, 6.45) is 6.94. The Morgan fingerprint density at radius 1 is 1.30 bits per heavy atom.